The van der Waals surface area contributed by atoms with Crippen LogP contribution >= 0.6 is 0 Å². The van der Waals surface area contributed by atoms with Crippen LogP contribution in [0.25, 0.3) is 11.0 Å². The minimum Gasteiger partial charge on any atom is -0.385 e. The van der Waals surface area contributed by atoms with Crippen molar-refractivity contribution in [1.29, 1.82) is 0 Å². The van der Waals surface area contributed by atoms with Gasteiger partial charge in [0.2, 0.25) is 0 Å². The first-order valence-corrected chi connectivity index (χ1v) is 5.78. The molecule has 0 aliphatic rings. The van der Waals surface area contributed by atoms with Crippen molar-refractivity contribution >= 4 is 11.0 Å². The molecule has 0 fully saturated rings. The largest absolute Gasteiger partial charge is 0.385 e. The highest BCUT2D eigenvalue weighted by Crippen LogP contribution is 2.30. The summed E-state index contributed by atoms with van der Waals surface area (Å²) in [5, 5.41) is 10.4. The average molecular weight is 218 g/mol. The molecule has 0 aliphatic carbocycles. The van der Waals surface area contributed by atoms with E-state index in [4.69, 9.17) is 0 Å². The van der Waals surface area contributed by atoms with Crippen LogP contribution in [0, 0.1) is 6.92 Å². The second-order valence-corrected chi connectivity index (χ2v) is 4.29. The summed E-state index contributed by atoms with van der Waals surface area (Å²) in [6.45, 7) is 5.95. The number of aromatic amines is 1. The maximum absolute atomic E-state index is 10.4. The third kappa shape index (κ3) is 1.71. The number of aromatic nitrogens is 2. The number of fused-ring (bicyclic) bond motifs is 1. The zero-order valence-corrected chi connectivity index (χ0v) is 10.0. The fraction of sp³-hybridized carbons (Fsp3) is 0.462. The number of nitrogens with zero attached hydrogens (tertiary/aromatic N) is 1. The van der Waals surface area contributed by atoms with E-state index in [1.54, 1.807) is 0 Å². The number of H-pyrrole nitrogens is 1. The lowest BCUT2D eigenvalue weighted by Crippen LogP contribution is -2.23. The molecule has 3 heteroatoms. The molecule has 0 saturated heterocycles. The van der Waals surface area contributed by atoms with E-state index in [2.05, 4.69) is 9.97 Å². The lowest BCUT2D eigenvalue weighted by molar-refractivity contribution is 0.0285. The molecule has 0 atom stereocenters. The fourth-order valence-corrected chi connectivity index (χ4v) is 2.08. The topological polar surface area (TPSA) is 48.9 Å². The summed E-state index contributed by atoms with van der Waals surface area (Å²) in [4.78, 5) is 7.55. The van der Waals surface area contributed by atoms with Gasteiger partial charge in [0, 0.05) is 0 Å². The molecule has 0 amide bonds. The van der Waals surface area contributed by atoms with Crippen molar-refractivity contribution in [1.82, 2.24) is 9.97 Å². The van der Waals surface area contributed by atoms with Crippen molar-refractivity contribution < 1.29 is 5.11 Å². The van der Waals surface area contributed by atoms with Gasteiger partial charge in [0.05, 0.1) is 16.6 Å². The molecule has 0 unspecified atom stereocenters. The smallest absolute Gasteiger partial charge is 0.104 e. The summed E-state index contributed by atoms with van der Waals surface area (Å²) in [5.74, 6) is 0.906. The number of hydrogen-bond donors (Lipinski definition) is 2. The zero-order chi connectivity index (χ0) is 11.8. The van der Waals surface area contributed by atoms with Gasteiger partial charge in [0.15, 0.2) is 0 Å². The lowest BCUT2D eigenvalue weighted by atomic mass is 9.88. The molecule has 86 valence electrons. The molecule has 2 aromatic rings. The monoisotopic (exact) mass is 218 g/mol. The molecule has 1 aromatic carbocycles. The van der Waals surface area contributed by atoms with Gasteiger partial charge in [0.1, 0.15) is 5.82 Å². The normalized spacial score (nSPS) is 12.2. The maximum Gasteiger partial charge on any atom is 0.104 e. The Kier molecular flexibility index (Phi) is 2.72. The molecule has 2 N–H and O–H groups in total. The van der Waals surface area contributed by atoms with Gasteiger partial charge in [-0.15, -0.1) is 0 Å². The van der Waals surface area contributed by atoms with Crippen LogP contribution in [-0.2, 0) is 5.60 Å². The van der Waals surface area contributed by atoms with E-state index in [0.29, 0.717) is 0 Å². The van der Waals surface area contributed by atoms with Crippen molar-refractivity contribution in [2.75, 3.05) is 0 Å². The Bertz CT molecular complexity index is 498. The number of nitrogens with one attached hydrogen (secondary N) is 1. The van der Waals surface area contributed by atoms with Crippen LogP contribution in [0.2, 0.25) is 0 Å². The van der Waals surface area contributed by atoms with E-state index in [0.717, 1.165) is 35.3 Å². The van der Waals surface area contributed by atoms with Crippen molar-refractivity contribution in [2.45, 2.75) is 39.2 Å². The first-order valence-electron chi connectivity index (χ1n) is 5.78. The molecule has 1 aromatic heterocycles. The standard InChI is InChI=1S/C13H18N2O/c1-4-13(16,5-2)10-6-7-11-12(8-10)15-9(3)14-11/h6-8,16H,4-5H2,1-3H3,(H,14,15). The van der Waals surface area contributed by atoms with Gasteiger partial charge in [-0.1, -0.05) is 19.9 Å². The second kappa shape index (κ2) is 3.91. The molecular formula is C13H18N2O. The van der Waals surface area contributed by atoms with Crippen LogP contribution in [0.5, 0.6) is 0 Å². The van der Waals surface area contributed by atoms with Crippen molar-refractivity contribution in [3.05, 3.63) is 29.6 Å². The van der Waals surface area contributed by atoms with Gasteiger partial charge >= 0.3 is 0 Å². The highest BCUT2D eigenvalue weighted by molar-refractivity contribution is 5.76. The Labute approximate surface area is 95.5 Å². The van der Waals surface area contributed by atoms with Crippen LogP contribution < -0.4 is 0 Å². The Morgan fingerprint density at radius 1 is 1.31 bits per heavy atom. The maximum atomic E-state index is 10.4. The number of aliphatic hydroxyl groups is 1. The van der Waals surface area contributed by atoms with Crippen LogP contribution in [0.4, 0.5) is 0 Å². The van der Waals surface area contributed by atoms with E-state index in [-0.39, 0.29) is 0 Å². The molecule has 0 spiro atoms. The average Bonchev–Trinajstić information content (AvgIpc) is 2.67. The van der Waals surface area contributed by atoms with Gasteiger partial charge < -0.3 is 10.1 Å². The third-order valence-corrected chi connectivity index (χ3v) is 3.31. The molecule has 3 nitrogen and oxygen atoms in total. The summed E-state index contributed by atoms with van der Waals surface area (Å²) in [6, 6.07) is 5.93. The molecule has 0 aliphatic heterocycles. The van der Waals surface area contributed by atoms with Crippen LogP contribution in [0.1, 0.15) is 38.1 Å². The Morgan fingerprint density at radius 3 is 2.62 bits per heavy atom. The van der Waals surface area contributed by atoms with E-state index in [1.807, 2.05) is 39.0 Å². The fourth-order valence-electron chi connectivity index (χ4n) is 2.08. The first-order chi connectivity index (χ1) is 7.59. The minimum atomic E-state index is -0.715. The summed E-state index contributed by atoms with van der Waals surface area (Å²) in [7, 11) is 0. The first kappa shape index (κ1) is 11.1. The predicted octanol–water partition coefficient (Wildman–Crippen LogP) is 2.88. The third-order valence-electron chi connectivity index (χ3n) is 3.31. The highest BCUT2D eigenvalue weighted by atomic mass is 16.3. The van der Waals surface area contributed by atoms with E-state index in [1.165, 1.54) is 0 Å². The van der Waals surface area contributed by atoms with Crippen molar-refractivity contribution in [3.63, 3.8) is 0 Å². The van der Waals surface area contributed by atoms with Crippen molar-refractivity contribution in [2.24, 2.45) is 0 Å². The SMILES string of the molecule is CCC(O)(CC)c1ccc2nc(C)[nH]c2c1. The zero-order valence-electron chi connectivity index (χ0n) is 10.0. The minimum absolute atomic E-state index is 0.715. The molecule has 16 heavy (non-hydrogen) atoms. The van der Waals surface area contributed by atoms with Crippen LogP contribution in [0.15, 0.2) is 18.2 Å². The Balaban J connectivity index is 2.53. The van der Waals surface area contributed by atoms with Gasteiger partial charge in [-0.25, -0.2) is 4.98 Å². The van der Waals surface area contributed by atoms with Crippen molar-refractivity contribution in [3.8, 4) is 0 Å². The summed E-state index contributed by atoms with van der Waals surface area (Å²) >= 11 is 0. The lowest BCUT2D eigenvalue weighted by Gasteiger charge is -2.25. The highest BCUT2D eigenvalue weighted by Gasteiger charge is 2.24. The number of imidazole rings is 1. The van der Waals surface area contributed by atoms with Gasteiger partial charge in [-0.05, 0) is 37.5 Å². The predicted molar refractivity (Wildman–Crippen MR) is 65.3 cm³/mol. The molecular weight excluding hydrogens is 200 g/mol. The Morgan fingerprint density at radius 2 is 2.00 bits per heavy atom. The van der Waals surface area contributed by atoms with Gasteiger partial charge in [-0.2, -0.15) is 0 Å². The van der Waals surface area contributed by atoms with Gasteiger partial charge in [-0.3, -0.25) is 0 Å². The van der Waals surface area contributed by atoms with E-state index in [9.17, 15) is 5.11 Å². The molecule has 0 saturated carbocycles. The molecule has 0 bridgehead atoms. The Hall–Kier alpha value is -1.35. The summed E-state index contributed by atoms with van der Waals surface area (Å²) in [6.07, 6.45) is 1.45. The molecule has 2 rings (SSSR count). The molecule has 0 radical (unpaired) electrons. The van der Waals surface area contributed by atoms with Gasteiger partial charge in [0.25, 0.3) is 0 Å². The number of benzene rings is 1. The van der Waals surface area contributed by atoms with Crippen LogP contribution in [0.3, 0.4) is 0 Å². The van der Waals surface area contributed by atoms with E-state index >= 15 is 0 Å². The number of rotatable bonds is 3. The summed E-state index contributed by atoms with van der Waals surface area (Å²) in [5.41, 5.74) is 2.20. The number of hydrogen-bond acceptors (Lipinski definition) is 2. The summed E-state index contributed by atoms with van der Waals surface area (Å²) < 4.78 is 0. The van der Waals surface area contributed by atoms with E-state index < -0.39 is 5.60 Å². The second-order valence-electron chi connectivity index (χ2n) is 4.29. The number of aryl methyl sites for hydroxylation is 1. The quantitative estimate of drug-likeness (QED) is 0.832. The molecule has 1 heterocycles. The van der Waals surface area contributed by atoms with Crippen LogP contribution in [-0.4, -0.2) is 15.1 Å².